The Morgan fingerprint density at radius 2 is 1.85 bits per heavy atom. The van der Waals surface area contributed by atoms with Crippen LogP contribution in [0, 0.1) is 11.4 Å². The first-order valence-electron chi connectivity index (χ1n) is 15.3. The molecule has 15 heteroatoms. The van der Waals surface area contributed by atoms with E-state index in [1.165, 1.54) is 28.9 Å². The average molecular weight is 664 g/mol. The molecule has 2 aliphatic carbocycles. The molecule has 0 saturated heterocycles. The first kappa shape index (κ1) is 31.4. The number of aromatic nitrogens is 5. The Labute approximate surface area is 271 Å². The van der Waals surface area contributed by atoms with Gasteiger partial charge in [-0.2, -0.15) is 18.3 Å². The maximum atomic E-state index is 13.8. The zero-order valence-electron chi connectivity index (χ0n) is 26.0. The van der Waals surface area contributed by atoms with Crippen molar-refractivity contribution in [2.75, 3.05) is 6.61 Å². The van der Waals surface area contributed by atoms with Crippen LogP contribution in [0.3, 0.4) is 0 Å². The van der Waals surface area contributed by atoms with Gasteiger partial charge >= 0.3 is 6.55 Å². The standard InChI is InChI=1S/C33H32F3N7O5/c1-32(2,46)16-47-20-4-5-22-23(10-20)43(31(35)36)40-27(22)29(45)39-19-11-33(12-19)13-21(14-33)48-30-26(28(37)44)24-9-17(7-8-42(24)41-30)18-3-6-25(34)38-15-18/h3-10,15,19,21,31,46H,11-14,16H2,1-2H3,(H2,37,44)(H,39,45)/t19-,21-,33?. The molecule has 2 amide bonds. The first-order valence-corrected chi connectivity index (χ1v) is 15.3. The van der Waals surface area contributed by atoms with Crippen LogP contribution in [0.4, 0.5) is 13.2 Å². The number of nitrogens with zero attached hydrogens (tertiary/aromatic N) is 5. The van der Waals surface area contributed by atoms with Crippen molar-refractivity contribution in [2.45, 2.75) is 63.8 Å². The Bertz CT molecular complexity index is 2040. The molecule has 12 nitrogen and oxygen atoms in total. The van der Waals surface area contributed by atoms with Crippen molar-refractivity contribution in [1.29, 1.82) is 0 Å². The molecule has 2 saturated carbocycles. The Kier molecular flexibility index (Phi) is 7.53. The summed E-state index contributed by atoms with van der Waals surface area (Å²) in [5, 5.41) is 21.4. The van der Waals surface area contributed by atoms with Gasteiger partial charge in [0.1, 0.15) is 24.0 Å². The van der Waals surface area contributed by atoms with Crippen LogP contribution in [-0.2, 0) is 0 Å². The van der Waals surface area contributed by atoms with E-state index in [2.05, 4.69) is 20.5 Å². The molecule has 0 atom stereocenters. The van der Waals surface area contributed by atoms with Crippen molar-refractivity contribution in [1.82, 2.24) is 29.7 Å². The monoisotopic (exact) mass is 663 g/mol. The van der Waals surface area contributed by atoms with E-state index in [0.29, 0.717) is 47.0 Å². The molecule has 1 aromatic carbocycles. The third kappa shape index (κ3) is 5.89. The molecule has 0 radical (unpaired) electrons. The quantitative estimate of drug-likeness (QED) is 0.182. The summed E-state index contributed by atoms with van der Waals surface area (Å²) in [5.74, 6) is -1.47. The topological polar surface area (TPSA) is 159 Å². The fourth-order valence-electron chi connectivity index (χ4n) is 6.67. The largest absolute Gasteiger partial charge is 0.491 e. The number of carbonyl (C=O) groups is 2. The third-order valence-corrected chi connectivity index (χ3v) is 8.87. The Balaban J connectivity index is 0.989. The van der Waals surface area contributed by atoms with Crippen LogP contribution in [0.25, 0.3) is 27.5 Å². The highest BCUT2D eigenvalue weighted by Crippen LogP contribution is 2.57. The highest BCUT2D eigenvalue weighted by Gasteiger charge is 2.54. The van der Waals surface area contributed by atoms with Gasteiger partial charge in [-0.25, -0.2) is 14.2 Å². The number of benzene rings is 1. The second kappa shape index (κ2) is 11.5. The number of nitrogens with one attached hydrogen (secondary N) is 1. The number of alkyl halides is 2. The molecular formula is C33H32F3N7O5. The van der Waals surface area contributed by atoms with Gasteiger partial charge in [0.2, 0.25) is 11.8 Å². The Hall–Kier alpha value is -5.18. The predicted molar refractivity (Wildman–Crippen MR) is 166 cm³/mol. The van der Waals surface area contributed by atoms with E-state index in [1.54, 1.807) is 44.3 Å². The molecule has 48 heavy (non-hydrogen) atoms. The summed E-state index contributed by atoms with van der Waals surface area (Å²) < 4.78 is 54.6. The number of aliphatic hydroxyl groups is 1. The van der Waals surface area contributed by atoms with Gasteiger partial charge in [-0.3, -0.25) is 9.59 Å². The number of primary amides is 1. The third-order valence-electron chi connectivity index (χ3n) is 8.87. The number of fused-ring (bicyclic) bond motifs is 2. The Morgan fingerprint density at radius 3 is 2.52 bits per heavy atom. The summed E-state index contributed by atoms with van der Waals surface area (Å²) in [6.07, 6.45) is 5.53. The SMILES string of the molecule is CC(C)(O)COc1ccc2c(C(=O)N[C@H]3CC4(C3)C[C@H](Oc3nn5ccc(-c6ccc(F)nc6)cc5c3C(N)=O)C4)nn(C(F)F)c2c1. The molecular weight excluding hydrogens is 631 g/mol. The van der Waals surface area contributed by atoms with Crippen LogP contribution in [0.5, 0.6) is 11.6 Å². The van der Waals surface area contributed by atoms with Gasteiger partial charge in [0.15, 0.2) is 5.69 Å². The number of amides is 2. The Morgan fingerprint density at radius 1 is 1.08 bits per heavy atom. The van der Waals surface area contributed by atoms with Crippen LogP contribution in [0.2, 0.25) is 0 Å². The summed E-state index contributed by atoms with van der Waals surface area (Å²) >= 11 is 0. The summed E-state index contributed by atoms with van der Waals surface area (Å²) in [5.41, 5.74) is 6.41. The molecule has 2 fully saturated rings. The van der Waals surface area contributed by atoms with Crippen molar-refractivity contribution >= 4 is 28.2 Å². The van der Waals surface area contributed by atoms with Crippen LogP contribution >= 0.6 is 0 Å². The lowest BCUT2D eigenvalue weighted by atomic mass is 9.53. The van der Waals surface area contributed by atoms with E-state index in [1.807, 2.05) is 0 Å². The minimum Gasteiger partial charge on any atom is -0.491 e. The van der Waals surface area contributed by atoms with Crippen LogP contribution in [-0.4, -0.2) is 65.7 Å². The molecule has 0 unspecified atom stereocenters. The molecule has 7 rings (SSSR count). The van der Waals surface area contributed by atoms with Gasteiger partial charge in [-0.15, -0.1) is 5.10 Å². The lowest BCUT2D eigenvalue weighted by Crippen LogP contribution is -2.58. The molecule has 4 aromatic heterocycles. The highest BCUT2D eigenvalue weighted by molar-refractivity contribution is 6.05. The first-order chi connectivity index (χ1) is 22.8. The summed E-state index contributed by atoms with van der Waals surface area (Å²) in [6, 6.07) is 10.6. The second-order valence-corrected chi connectivity index (χ2v) is 13.2. The van der Waals surface area contributed by atoms with Crippen molar-refractivity contribution in [2.24, 2.45) is 11.1 Å². The minimum absolute atomic E-state index is 0.0402. The number of hydrogen-bond acceptors (Lipinski definition) is 8. The van der Waals surface area contributed by atoms with Gasteiger partial charge in [0.05, 0.1) is 16.6 Å². The lowest BCUT2D eigenvalue weighted by molar-refractivity contribution is -0.0848. The fraction of sp³-hybridized carbons (Fsp3) is 0.364. The van der Waals surface area contributed by atoms with E-state index >= 15 is 0 Å². The van der Waals surface area contributed by atoms with Crippen LogP contribution in [0.15, 0.2) is 54.9 Å². The van der Waals surface area contributed by atoms with Gasteiger partial charge in [-0.05, 0) is 86.9 Å². The van der Waals surface area contributed by atoms with Crippen molar-refractivity contribution in [3.63, 3.8) is 0 Å². The molecule has 4 heterocycles. The number of pyridine rings is 2. The predicted octanol–water partition coefficient (Wildman–Crippen LogP) is 4.65. The second-order valence-electron chi connectivity index (χ2n) is 13.2. The normalized spacial score (nSPS) is 20.6. The minimum atomic E-state index is -2.98. The number of halogens is 3. The van der Waals surface area contributed by atoms with E-state index in [-0.39, 0.29) is 58.0 Å². The number of hydrogen-bond donors (Lipinski definition) is 3. The highest BCUT2D eigenvalue weighted by atomic mass is 19.3. The number of carbonyl (C=O) groups excluding carboxylic acids is 2. The molecule has 2 aliphatic rings. The van der Waals surface area contributed by atoms with Gasteiger partial charge in [-0.1, -0.05) is 0 Å². The summed E-state index contributed by atoms with van der Waals surface area (Å²) in [4.78, 5) is 29.3. The maximum absolute atomic E-state index is 13.8. The van der Waals surface area contributed by atoms with Gasteiger partial charge < -0.3 is 25.6 Å². The summed E-state index contributed by atoms with van der Waals surface area (Å²) in [7, 11) is 0. The van der Waals surface area contributed by atoms with E-state index in [4.69, 9.17) is 15.2 Å². The lowest BCUT2D eigenvalue weighted by Gasteiger charge is -2.57. The fourth-order valence-corrected chi connectivity index (χ4v) is 6.67. The molecule has 0 aliphatic heterocycles. The van der Waals surface area contributed by atoms with Crippen molar-refractivity contribution in [3.05, 3.63) is 72.1 Å². The van der Waals surface area contributed by atoms with E-state index in [9.17, 15) is 27.9 Å². The molecule has 0 bridgehead atoms. The molecule has 1 spiro atoms. The average Bonchev–Trinajstić information content (AvgIpc) is 3.56. The summed E-state index contributed by atoms with van der Waals surface area (Å²) in [6.45, 7) is 0.0968. The number of nitrogens with two attached hydrogens (primary N) is 1. The number of rotatable bonds is 10. The van der Waals surface area contributed by atoms with Gasteiger partial charge in [0.25, 0.3) is 11.8 Å². The zero-order valence-corrected chi connectivity index (χ0v) is 26.0. The van der Waals surface area contributed by atoms with Crippen molar-refractivity contribution < 1.29 is 37.3 Å². The van der Waals surface area contributed by atoms with E-state index < -0.39 is 29.9 Å². The van der Waals surface area contributed by atoms with E-state index in [0.717, 1.165) is 0 Å². The van der Waals surface area contributed by atoms with Crippen molar-refractivity contribution in [3.8, 4) is 22.8 Å². The van der Waals surface area contributed by atoms with Gasteiger partial charge in [0, 0.05) is 35.5 Å². The smallest absolute Gasteiger partial charge is 0.333 e. The van der Waals surface area contributed by atoms with Crippen LogP contribution in [0.1, 0.15) is 66.9 Å². The molecule has 4 N–H and O–H groups in total. The maximum Gasteiger partial charge on any atom is 0.333 e. The molecule has 5 aromatic rings. The molecule has 250 valence electrons. The number of ether oxygens (including phenoxy) is 2. The zero-order chi connectivity index (χ0) is 34.0. The van der Waals surface area contributed by atoms with Crippen LogP contribution < -0.4 is 20.5 Å².